The Morgan fingerprint density at radius 3 is 3.00 bits per heavy atom. The molecular weight excluding hydrogens is 281 g/mol. The van der Waals surface area contributed by atoms with Crippen molar-refractivity contribution in [1.29, 1.82) is 0 Å². The molecule has 108 valence electrons. The number of amides is 1. The van der Waals surface area contributed by atoms with E-state index in [1.807, 2.05) is 0 Å². The first kappa shape index (κ1) is 14.8. The van der Waals surface area contributed by atoms with Gasteiger partial charge in [0.25, 0.3) is 5.91 Å². The minimum absolute atomic E-state index is 0.161. The van der Waals surface area contributed by atoms with E-state index < -0.39 is 5.82 Å². The fraction of sp³-hybridized carbons (Fsp3) is 0.429. The van der Waals surface area contributed by atoms with E-state index in [1.54, 1.807) is 11.0 Å². The van der Waals surface area contributed by atoms with Gasteiger partial charge in [-0.1, -0.05) is 6.07 Å². The molecule has 1 saturated heterocycles. The summed E-state index contributed by atoms with van der Waals surface area (Å²) in [7, 11) is 1.36. The predicted octanol–water partition coefficient (Wildman–Crippen LogP) is 1.95. The zero-order valence-corrected chi connectivity index (χ0v) is 12.0. The lowest BCUT2D eigenvalue weighted by atomic mass is 10.2. The lowest BCUT2D eigenvalue weighted by molar-refractivity contribution is -0.137. The Hall–Kier alpha value is -1.56. The molecule has 0 unspecified atom stereocenters. The summed E-state index contributed by atoms with van der Waals surface area (Å²) in [6.45, 7) is 1.21. The number of nitrogens with zero attached hydrogens (tertiary/aromatic N) is 1. The molecular formula is C14H16FNO3S. The van der Waals surface area contributed by atoms with Crippen LogP contribution in [0.4, 0.5) is 4.39 Å². The average Bonchev–Trinajstić information content (AvgIpc) is 2.92. The van der Waals surface area contributed by atoms with E-state index in [9.17, 15) is 14.0 Å². The molecule has 0 spiro atoms. The van der Waals surface area contributed by atoms with Crippen molar-refractivity contribution < 1.29 is 18.7 Å². The van der Waals surface area contributed by atoms with E-state index in [2.05, 4.69) is 4.74 Å². The van der Waals surface area contributed by atoms with Gasteiger partial charge in [-0.05, 0) is 24.6 Å². The Bertz CT molecular complexity index is 509. The van der Waals surface area contributed by atoms with Gasteiger partial charge in [0.05, 0.1) is 12.9 Å². The van der Waals surface area contributed by atoms with E-state index in [-0.39, 0.29) is 17.1 Å². The number of likely N-dealkylation sites (tertiary alicyclic amines) is 1. The maximum Gasteiger partial charge on any atom is 0.315 e. The number of rotatable bonds is 4. The summed E-state index contributed by atoms with van der Waals surface area (Å²) in [4.78, 5) is 25.0. The summed E-state index contributed by atoms with van der Waals surface area (Å²) < 4.78 is 17.7. The van der Waals surface area contributed by atoms with Crippen molar-refractivity contribution in [3.05, 3.63) is 35.6 Å². The van der Waals surface area contributed by atoms with Gasteiger partial charge in [-0.15, -0.1) is 11.8 Å². The Morgan fingerprint density at radius 2 is 2.30 bits per heavy atom. The van der Waals surface area contributed by atoms with Crippen LogP contribution >= 0.6 is 11.8 Å². The number of methoxy groups -OCH3 is 1. The third kappa shape index (κ3) is 3.72. The van der Waals surface area contributed by atoms with E-state index in [0.717, 1.165) is 6.42 Å². The summed E-state index contributed by atoms with van der Waals surface area (Å²) in [5.41, 5.74) is 0.364. The third-order valence-electron chi connectivity index (χ3n) is 3.17. The van der Waals surface area contributed by atoms with Gasteiger partial charge in [0.15, 0.2) is 0 Å². The van der Waals surface area contributed by atoms with Gasteiger partial charge in [-0.25, -0.2) is 4.39 Å². The lowest BCUT2D eigenvalue weighted by Gasteiger charge is -2.16. The highest BCUT2D eigenvalue weighted by atomic mass is 32.2. The fourth-order valence-corrected chi connectivity index (χ4v) is 3.14. The summed E-state index contributed by atoms with van der Waals surface area (Å²) >= 11 is 1.49. The van der Waals surface area contributed by atoms with Crippen molar-refractivity contribution in [3.8, 4) is 0 Å². The lowest BCUT2D eigenvalue weighted by Crippen LogP contribution is -2.29. The number of carbonyl (C=O) groups is 2. The molecule has 2 rings (SSSR count). The van der Waals surface area contributed by atoms with Crippen LogP contribution in [0.2, 0.25) is 0 Å². The number of halogens is 1. The van der Waals surface area contributed by atoms with E-state index in [4.69, 9.17) is 0 Å². The highest BCUT2D eigenvalue weighted by molar-refractivity contribution is 8.00. The predicted molar refractivity (Wildman–Crippen MR) is 75.2 cm³/mol. The summed E-state index contributed by atoms with van der Waals surface area (Å²) in [6.07, 6.45) is 0.836. The zero-order valence-electron chi connectivity index (χ0n) is 11.2. The maximum absolute atomic E-state index is 13.1. The standard InChI is InChI=1S/C14H16FNO3S/c1-19-13(17)9-20-12-5-6-16(8-12)14(18)10-3-2-4-11(15)7-10/h2-4,7,12H,5-6,8-9H2,1H3/t12-/m0/s1. The number of hydrogen-bond donors (Lipinski definition) is 0. The van der Waals surface area contributed by atoms with Crippen LogP contribution in [0, 0.1) is 5.82 Å². The smallest absolute Gasteiger partial charge is 0.315 e. The first-order chi connectivity index (χ1) is 9.60. The molecule has 1 aromatic carbocycles. The van der Waals surface area contributed by atoms with Crippen LogP contribution in [0.5, 0.6) is 0 Å². The molecule has 0 aromatic heterocycles. The van der Waals surface area contributed by atoms with Gasteiger partial charge < -0.3 is 9.64 Å². The van der Waals surface area contributed by atoms with Crippen LogP contribution in [0.25, 0.3) is 0 Å². The van der Waals surface area contributed by atoms with Crippen molar-refractivity contribution in [1.82, 2.24) is 4.90 Å². The van der Waals surface area contributed by atoms with E-state index in [1.165, 1.54) is 37.1 Å². The maximum atomic E-state index is 13.1. The van der Waals surface area contributed by atoms with Crippen LogP contribution < -0.4 is 0 Å². The number of esters is 1. The average molecular weight is 297 g/mol. The van der Waals surface area contributed by atoms with E-state index in [0.29, 0.717) is 24.4 Å². The van der Waals surface area contributed by atoms with Crippen molar-refractivity contribution in [3.63, 3.8) is 0 Å². The number of carbonyl (C=O) groups excluding carboxylic acids is 2. The Labute approximate surface area is 121 Å². The molecule has 6 heteroatoms. The first-order valence-electron chi connectivity index (χ1n) is 6.33. The molecule has 0 N–H and O–H groups in total. The molecule has 1 aliphatic heterocycles. The summed E-state index contributed by atoms with van der Waals surface area (Å²) in [5, 5.41) is 0.228. The number of thioether (sulfide) groups is 1. The second-order valence-corrected chi connectivity index (χ2v) is 5.85. The molecule has 4 nitrogen and oxygen atoms in total. The Morgan fingerprint density at radius 1 is 1.50 bits per heavy atom. The molecule has 1 atom stereocenters. The summed E-state index contributed by atoms with van der Waals surface area (Å²) in [5.74, 6) is -0.536. The van der Waals surface area contributed by atoms with Crippen molar-refractivity contribution in [2.75, 3.05) is 26.0 Å². The minimum atomic E-state index is -0.410. The number of benzene rings is 1. The third-order valence-corrected chi connectivity index (χ3v) is 4.43. The highest BCUT2D eigenvalue weighted by Gasteiger charge is 2.27. The number of hydrogen-bond acceptors (Lipinski definition) is 4. The molecule has 1 amide bonds. The monoisotopic (exact) mass is 297 g/mol. The molecule has 0 bridgehead atoms. The van der Waals surface area contributed by atoms with Crippen molar-refractivity contribution in [2.45, 2.75) is 11.7 Å². The largest absolute Gasteiger partial charge is 0.468 e. The Balaban J connectivity index is 1.89. The highest BCUT2D eigenvalue weighted by Crippen LogP contribution is 2.24. The van der Waals surface area contributed by atoms with Gasteiger partial charge in [-0.2, -0.15) is 0 Å². The normalized spacial score (nSPS) is 18.1. The van der Waals surface area contributed by atoms with Gasteiger partial charge >= 0.3 is 5.97 Å². The van der Waals surface area contributed by atoms with Crippen molar-refractivity contribution in [2.24, 2.45) is 0 Å². The van der Waals surface area contributed by atoms with Crippen LogP contribution in [0.15, 0.2) is 24.3 Å². The van der Waals surface area contributed by atoms with E-state index >= 15 is 0 Å². The fourth-order valence-electron chi connectivity index (χ4n) is 2.10. The van der Waals surface area contributed by atoms with Crippen molar-refractivity contribution >= 4 is 23.6 Å². The first-order valence-corrected chi connectivity index (χ1v) is 7.38. The van der Waals surface area contributed by atoms with Gasteiger partial charge in [0, 0.05) is 23.9 Å². The SMILES string of the molecule is COC(=O)CS[C@H]1CCN(C(=O)c2cccc(F)c2)C1. The molecule has 0 radical (unpaired) electrons. The summed E-state index contributed by atoms with van der Waals surface area (Å²) in [6, 6.07) is 5.70. The second kappa shape index (κ2) is 6.74. The van der Waals surface area contributed by atoms with Crippen LogP contribution in [-0.4, -0.2) is 48.0 Å². The molecule has 1 fully saturated rings. The second-order valence-electron chi connectivity index (χ2n) is 4.56. The van der Waals surface area contributed by atoms with Crippen LogP contribution in [-0.2, 0) is 9.53 Å². The van der Waals surface area contributed by atoms with Gasteiger partial charge in [-0.3, -0.25) is 9.59 Å². The minimum Gasteiger partial charge on any atom is -0.468 e. The Kier molecular flexibility index (Phi) is 5.00. The number of ether oxygens (including phenoxy) is 1. The molecule has 0 aliphatic carbocycles. The van der Waals surface area contributed by atoms with Gasteiger partial charge in [0.2, 0.25) is 0 Å². The molecule has 1 heterocycles. The zero-order chi connectivity index (χ0) is 14.5. The topological polar surface area (TPSA) is 46.6 Å². The molecule has 20 heavy (non-hydrogen) atoms. The van der Waals surface area contributed by atoms with Crippen LogP contribution in [0.3, 0.4) is 0 Å². The molecule has 1 aliphatic rings. The van der Waals surface area contributed by atoms with Gasteiger partial charge in [0.1, 0.15) is 5.82 Å². The molecule has 1 aromatic rings. The quantitative estimate of drug-likeness (QED) is 0.797. The van der Waals surface area contributed by atoms with Crippen LogP contribution in [0.1, 0.15) is 16.8 Å². The molecule has 0 saturated carbocycles.